The van der Waals surface area contributed by atoms with Crippen LogP contribution in [0.5, 0.6) is 0 Å². The predicted octanol–water partition coefficient (Wildman–Crippen LogP) is 7.10. The second-order valence-corrected chi connectivity index (χ2v) is 14.7. The first-order valence-electron chi connectivity index (χ1n) is 11.2. The van der Waals surface area contributed by atoms with Crippen molar-refractivity contribution in [2.75, 3.05) is 6.54 Å². The zero-order valence-electron chi connectivity index (χ0n) is 19.8. The molecule has 32 heavy (non-hydrogen) atoms. The van der Waals surface area contributed by atoms with Crippen LogP contribution < -0.4 is 0 Å². The number of amides is 1. The molecular weight excluding hydrogens is 416 g/mol. The molecule has 3 rings (SSSR count). The molecule has 1 fully saturated rings. The Kier molecular flexibility index (Phi) is 7.42. The largest absolute Gasteiger partial charge is 0.445 e. The molecule has 1 saturated heterocycles. The van der Waals surface area contributed by atoms with E-state index in [9.17, 15) is 4.79 Å². The van der Waals surface area contributed by atoms with Gasteiger partial charge in [0, 0.05) is 12.6 Å². The quantitative estimate of drug-likeness (QED) is 0.360. The van der Waals surface area contributed by atoms with Gasteiger partial charge in [-0.2, -0.15) is 0 Å². The van der Waals surface area contributed by atoms with Crippen LogP contribution in [0.25, 0.3) is 4.85 Å². The van der Waals surface area contributed by atoms with Crippen LogP contribution in [0.2, 0.25) is 18.1 Å². The standard InChI is InChI=1S/C26H34N2O3Si/c1-26(2,3)32(5,6)31-23-16-17-28(25(29)30-19-20-10-8-7-9-11-20)24(18-23)21-12-14-22(27-4)15-13-21/h7-15,23-24H,16-19H2,1-3,5-6H3/t23-,24?/m0/s1. The van der Waals surface area contributed by atoms with E-state index in [-0.39, 0.29) is 29.9 Å². The van der Waals surface area contributed by atoms with Crippen molar-refractivity contribution >= 4 is 20.1 Å². The molecule has 5 nitrogen and oxygen atoms in total. The van der Waals surface area contributed by atoms with Crippen molar-refractivity contribution < 1.29 is 14.0 Å². The summed E-state index contributed by atoms with van der Waals surface area (Å²) in [6, 6.07) is 17.1. The number of carbonyl (C=O) groups is 1. The summed E-state index contributed by atoms with van der Waals surface area (Å²) in [6.45, 7) is 19.3. The molecule has 2 aromatic rings. The van der Waals surface area contributed by atoms with Gasteiger partial charge in [-0.1, -0.05) is 75.4 Å². The molecule has 0 N–H and O–H groups in total. The highest BCUT2D eigenvalue weighted by Gasteiger charge is 2.42. The third-order valence-corrected chi connectivity index (χ3v) is 11.2. The van der Waals surface area contributed by atoms with Crippen LogP contribution in [-0.4, -0.2) is 32.0 Å². The SMILES string of the molecule is [C-]#[N+]c1ccc(C2C[C@@H](O[Si](C)(C)C(C)(C)C)CCN2C(=O)OCc2ccccc2)cc1. The van der Waals surface area contributed by atoms with Crippen LogP contribution >= 0.6 is 0 Å². The molecule has 0 aliphatic carbocycles. The number of ether oxygens (including phenoxy) is 1. The van der Waals surface area contributed by atoms with E-state index in [0.717, 1.165) is 24.0 Å². The Morgan fingerprint density at radius 1 is 1.12 bits per heavy atom. The molecule has 6 heteroatoms. The third kappa shape index (κ3) is 5.79. The van der Waals surface area contributed by atoms with Crippen molar-refractivity contribution in [2.45, 2.75) is 70.5 Å². The molecule has 0 bridgehead atoms. The van der Waals surface area contributed by atoms with E-state index in [1.54, 1.807) is 0 Å². The summed E-state index contributed by atoms with van der Waals surface area (Å²) in [7, 11) is -1.92. The van der Waals surface area contributed by atoms with E-state index in [2.05, 4.69) is 38.7 Å². The van der Waals surface area contributed by atoms with E-state index >= 15 is 0 Å². The summed E-state index contributed by atoms with van der Waals surface area (Å²) in [4.78, 5) is 18.4. The first-order chi connectivity index (χ1) is 15.1. The summed E-state index contributed by atoms with van der Waals surface area (Å²) in [5, 5.41) is 0.130. The fourth-order valence-corrected chi connectivity index (χ4v) is 5.14. The van der Waals surface area contributed by atoms with Crippen molar-refractivity contribution in [3.05, 3.63) is 77.1 Å². The third-order valence-electron chi connectivity index (χ3n) is 6.67. The maximum absolute atomic E-state index is 13.1. The molecule has 1 aliphatic rings. The van der Waals surface area contributed by atoms with E-state index in [1.165, 1.54) is 0 Å². The number of likely N-dealkylation sites (tertiary alicyclic amines) is 1. The van der Waals surface area contributed by atoms with Crippen LogP contribution in [0.4, 0.5) is 10.5 Å². The number of carbonyl (C=O) groups excluding carboxylic acids is 1. The van der Waals surface area contributed by atoms with Gasteiger partial charge in [-0.3, -0.25) is 0 Å². The maximum Gasteiger partial charge on any atom is 0.410 e. The lowest BCUT2D eigenvalue weighted by molar-refractivity contribution is 0.0300. The lowest BCUT2D eigenvalue weighted by atomic mass is 9.93. The summed E-state index contributed by atoms with van der Waals surface area (Å²) >= 11 is 0. The summed E-state index contributed by atoms with van der Waals surface area (Å²) in [6.07, 6.45) is 1.31. The molecule has 1 heterocycles. The Labute approximate surface area is 193 Å². The molecule has 0 saturated carbocycles. The van der Waals surface area contributed by atoms with Crippen molar-refractivity contribution in [3.8, 4) is 0 Å². The Morgan fingerprint density at radius 2 is 1.78 bits per heavy atom. The number of nitrogens with zero attached hydrogens (tertiary/aromatic N) is 2. The monoisotopic (exact) mass is 450 g/mol. The van der Waals surface area contributed by atoms with Gasteiger partial charge in [-0.15, -0.1) is 0 Å². The van der Waals surface area contributed by atoms with Crippen LogP contribution in [0.1, 0.15) is 50.8 Å². The lowest BCUT2D eigenvalue weighted by Gasteiger charge is -2.44. The van der Waals surface area contributed by atoms with Crippen LogP contribution in [-0.2, 0) is 15.8 Å². The van der Waals surface area contributed by atoms with Gasteiger partial charge in [0.1, 0.15) is 6.61 Å². The topological polar surface area (TPSA) is 43.1 Å². The van der Waals surface area contributed by atoms with Gasteiger partial charge in [0.25, 0.3) is 0 Å². The number of piperidine rings is 1. The normalized spacial score (nSPS) is 19.3. The highest BCUT2D eigenvalue weighted by atomic mass is 28.4. The minimum absolute atomic E-state index is 0.0969. The van der Waals surface area contributed by atoms with E-state index < -0.39 is 8.32 Å². The Hall–Kier alpha value is -2.62. The average molecular weight is 451 g/mol. The molecule has 1 aliphatic heterocycles. The van der Waals surface area contributed by atoms with Gasteiger partial charge in [-0.25, -0.2) is 9.64 Å². The van der Waals surface area contributed by atoms with E-state index in [1.807, 2.05) is 59.5 Å². The molecule has 2 aromatic carbocycles. The summed E-state index contributed by atoms with van der Waals surface area (Å²) < 4.78 is 12.4. The lowest BCUT2D eigenvalue weighted by Crippen LogP contribution is -2.49. The van der Waals surface area contributed by atoms with Crippen LogP contribution in [0.15, 0.2) is 54.6 Å². The molecule has 170 valence electrons. The fraction of sp³-hybridized carbons (Fsp3) is 0.462. The fourth-order valence-electron chi connectivity index (χ4n) is 3.74. The molecule has 0 radical (unpaired) electrons. The second-order valence-electron chi connectivity index (χ2n) is 9.98. The highest BCUT2D eigenvalue weighted by molar-refractivity contribution is 6.74. The highest BCUT2D eigenvalue weighted by Crippen LogP contribution is 2.41. The number of benzene rings is 2. The van der Waals surface area contributed by atoms with Gasteiger partial charge < -0.3 is 14.1 Å². The molecule has 1 amide bonds. The van der Waals surface area contributed by atoms with Gasteiger partial charge >= 0.3 is 6.09 Å². The van der Waals surface area contributed by atoms with Gasteiger partial charge in [0.15, 0.2) is 14.0 Å². The molecule has 0 aromatic heterocycles. The minimum atomic E-state index is -1.92. The number of rotatable bonds is 5. The minimum Gasteiger partial charge on any atom is -0.445 e. The Morgan fingerprint density at radius 3 is 2.38 bits per heavy atom. The van der Waals surface area contributed by atoms with Crippen LogP contribution in [0, 0.1) is 6.57 Å². The smallest absolute Gasteiger partial charge is 0.410 e. The zero-order valence-corrected chi connectivity index (χ0v) is 20.8. The number of hydrogen-bond acceptors (Lipinski definition) is 3. The number of hydrogen-bond donors (Lipinski definition) is 0. The Balaban J connectivity index is 1.78. The van der Waals surface area contributed by atoms with Gasteiger partial charge in [0.2, 0.25) is 0 Å². The van der Waals surface area contributed by atoms with Gasteiger partial charge in [0.05, 0.1) is 12.6 Å². The van der Waals surface area contributed by atoms with Gasteiger partial charge in [-0.05, 0) is 42.1 Å². The van der Waals surface area contributed by atoms with Crippen LogP contribution in [0.3, 0.4) is 0 Å². The maximum atomic E-state index is 13.1. The second kappa shape index (κ2) is 9.89. The summed E-state index contributed by atoms with van der Waals surface area (Å²) in [5.41, 5.74) is 2.57. The van der Waals surface area contributed by atoms with E-state index in [4.69, 9.17) is 15.7 Å². The van der Waals surface area contributed by atoms with Crippen molar-refractivity contribution in [1.82, 2.24) is 4.90 Å². The first-order valence-corrected chi connectivity index (χ1v) is 14.1. The first kappa shape index (κ1) is 24.0. The Bertz CT molecular complexity index is 946. The predicted molar refractivity (Wildman–Crippen MR) is 130 cm³/mol. The molecule has 0 spiro atoms. The zero-order chi connectivity index (χ0) is 23.4. The van der Waals surface area contributed by atoms with Crippen molar-refractivity contribution in [2.24, 2.45) is 0 Å². The molecule has 1 unspecified atom stereocenters. The molecule has 2 atom stereocenters. The molecular formula is C26H34N2O3Si. The van der Waals surface area contributed by atoms with Crippen molar-refractivity contribution in [1.29, 1.82) is 0 Å². The van der Waals surface area contributed by atoms with Crippen molar-refractivity contribution in [3.63, 3.8) is 0 Å². The average Bonchev–Trinajstić information content (AvgIpc) is 2.77. The van der Waals surface area contributed by atoms with E-state index in [0.29, 0.717) is 12.2 Å². The summed E-state index contributed by atoms with van der Waals surface area (Å²) in [5.74, 6) is 0.